The van der Waals surface area contributed by atoms with E-state index < -0.39 is 36.8 Å². The lowest BCUT2D eigenvalue weighted by Gasteiger charge is -2.50. The van der Waals surface area contributed by atoms with E-state index in [0.717, 1.165) is 4.90 Å². The first-order chi connectivity index (χ1) is 7.23. The third-order valence-electron chi connectivity index (χ3n) is 2.53. The molecule has 0 saturated carbocycles. The van der Waals surface area contributed by atoms with E-state index >= 15 is 0 Å². The van der Waals surface area contributed by atoms with Gasteiger partial charge in [0.1, 0.15) is 0 Å². The molecule has 1 unspecified atom stereocenters. The highest BCUT2D eigenvalue weighted by Gasteiger charge is 2.64. The molecule has 0 aliphatic carbocycles. The van der Waals surface area contributed by atoms with Crippen molar-refractivity contribution >= 4 is 5.91 Å². The molecule has 1 amide bonds. The van der Waals surface area contributed by atoms with Crippen LogP contribution in [0.1, 0.15) is 13.8 Å². The lowest BCUT2D eigenvalue weighted by molar-refractivity contribution is -0.313. The van der Waals surface area contributed by atoms with Gasteiger partial charge in [-0.25, -0.2) is 0 Å². The van der Waals surface area contributed by atoms with Gasteiger partial charge in [-0.15, -0.1) is 0 Å². The van der Waals surface area contributed by atoms with E-state index in [2.05, 4.69) is 0 Å². The summed E-state index contributed by atoms with van der Waals surface area (Å²) in [6, 6.07) is -0.784. The predicted molar refractivity (Wildman–Crippen MR) is 50.6 cm³/mol. The minimum absolute atomic E-state index is 0.0419. The molecule has 0 bridgehead atoms. The Morgan fingerprint density at radius 3 is 2.38 bits per heavy atom. The van der Waals surface area contributed by atoms with E-state index in [4.69, 9.17) is 10.5 Å². The first kappa shape index (κ1) is 13.2. The van der Waals surface area contributed by atoms with Crippen molar-refractivity contribution < 1.29 is 22.7 Å². The van der Waals surface area contributed by atoms with Gasteiger partial charge in [-0.3, -0.25) is 4.79 Å². The Kier molecular flexibility index (Phi) is 3.49. The fourth-order valence-corrected chi connectivity index (χ4v) is 1.64. The van der Waals surface area contributed by atoms with Crippen LogP contribution in [0.5, 0.6) is 0 Å². The molecular formula is C9H15F3N2O2. The van der Waals surface area contributed by atoms with Gasteiger partial charge in [0.25, 0.3) is 0 Å². The van der Waals surface area contributed by atoms with Crippen molar-refractivity contribution in [1.82, 2.24) is 4.90 Å². The minimum atomic E-state index is -4.46. The second-order valence-corrected chi connectivity index (χ2v) is 3.91. The fourth-order valence-electron chi connectivity index (χ4n) is 1.64. The molecule has 1 atom stereocenters. The van der Waals surface area contributed by atoms with Crippen LogP contribution in [0, 0.1) is 0 Å². The first-order valence-corrected chi connectivity index (χ1v) is 4.98. The molecule has 0 spiro atoms. The van der Waals surface area contributed by atoms with E-state index in [9.17, 15) is 18.0 Å². The Hall–Kier alpha value is -0.820. The fraction of sp³-hybridized carbons (Fsp3) is 0.889. The number of alkyl halides is 3. The standard InChI is InChI=1S/C9H15F3N2O2/c1-3-16-8(9(10,11)12)4-14(5-8)7(15)6(2)13/h6H,3-5,13H2,1-2H3. The van der Waals surface area contributed by atoms with E-state index in [1.54, 1.807) is 0 Å². The average Bonchev–Trinajstić information content (AvgIpc) is 2.07. The maximum absolute atomic E-state index is 12.7. The number of hydrogen-bond donors (Lipinski definition) is 1. The number of nitrogens with two attached hydrogens (primary N) is 1. The van der Waals surface area contributed by atoms with Gasteiger partial charge < -0.3 is 15.4 Å². The molecule has 0 aromatic carbocycles. The normalized spacial score (nSPS) is 21.5. The lowest BCUT2D eigenvalue weighted by Crippen LogP contribution is -2.72. The third kappa shape index (κ3) is 2.15. The number of likely N-dealkylation sites (tertiary alicyclic amines) is 1. The Bertz CT molecular complexity index is 272. The largest absolute Gasteiger partial charge is 0.420 e. The molecule has 16 heavy (non-hydrogen) atoms. The molecule has 94 valence electrons. The zero-order valence-corrected chi connectivity index (χ0v) is 9.17. The van der Waals surface area contributed by atoms with Gasteiger partial charge in [0.2, 0.25) is 5.91 Å². The molecule has 4 nitrogen and oxygen atoms in total. The van der Waals surface area contributed by atoms with Gasteiger partial charge in [0, 0.05) is 6.61 Å². The molecule has 1 aliphatic rings. The Morgan fingerprint density at radius 1 is 1.56 bits per heavy atom. The summed E-state index contributed by atoms with van der Waals surface area (Å²) in [7, 11) is 0. The van der Waals surface area contributed by atoms with Crippen LogP contribution >= 0.6 is 0 Å². The SMILES string of the molecule is CCOC1(C(F)(F)F)CN(C(=O)C(C)N)C1. The van der Waals surface area contributed by atoms with E-state index in [0.29, 0.717) is 0 Å². The van der Waals surface area contributed by atoms with Crippen LogP contribution in [0.4, 0.5) is 13.2 Å². The summed E-state index contributed by atoms with van der Waals surface area (Å²) in [4.78, 5) is 12.4. The second-order valence-electron chi connectivity index (χ2n) is 3.91. The molecule has 1 heterocycles. The van der Waals surface area contributed by atoms with Crippen LogP contribution in [0.15, 0.2) is 0 Å². The number of carbonyl (C=O) groups excluding carboxylic acids is 1. The van der Waals surface area contributed by atoms with Gasteiger partial charge in [-0.1, -0.05) is 0 Å². The third-order valence-corrected chi connectivity index (χ3v) is 2.53. The summed E-state index contributed by atoms with van der Waals surface area (Å²) in [6.07, 6.45) is -4.46. The Balaban J connectivity index is 2.67. The number of nitrogens with zero attached hydrogens (tertiary/aromatic N) is 1. The van der Waals surface area contributed by atoms with Crippen LogP contribution in [-0.4, -0.2) is 48.3 Å². The summed E-state index contributed by atoms with van der Waals surface area (Å²) in [5.41, 5.74) is 3.10. The quantitative estimate of drug-likeness (QED) is 0.782. The Labute approximate surface area is 91.5 Å². The van der Waals surface area contributed by atoms with Crippen LogP contribution < -0.4 is 5.73 Å². The molecule has 1 rings (SSSR count). The highest BCUT2D eigenvalue weighted by atomic mass is 19.4. The summed E-state index contributed by atoms with van der Waals surface area (Å²) in [6.45, 7) is 1.95. The van der Waals surface area contributed by atoms with Crippen LogP contribution in [0.3, 0.4) is 0 Å². The molecule has 1 fully saturated rings. The zero-order chi connectivity index (χ0) is 12.6. The molecule has 0 aromatic heterocycles. The van der Waals surface area contributed by atoms with Crippen molar-refractivity contribution in [3.63, 3.8) is 0 Å². The van der Waals surface area contributed by atoms with E-state index in [1.165, 1.54) is 13.8 Å². The van der Waals surface area contributed by atoms with Crippen molar-refractivity contribution in [3.05, 3.63) is 0 Å². The first-order valence-electron chi connectivity index (χ1n) is 4.98. The number of carbonyl (C=O) groups is 1. The van der Waals surface area contributed by atoms with Crippen molar-refractivity contribution in [2.45, 2.75) is 31.7 Å². The molecule has 0 radical (unpaired) electrons. The van der Waals surface area contributed by atoms with Gasteiger partial charge in [-0.05, 0) is 13.8 Å². The number of hydrogen-bond acceptors (Lipinski definition) is 3. The molecule has 2 N–H and O–H groups in total. The minimum Gasteiger partial charge on any atom is -0.362 e. The molecular weight excluding hydrogens is 225 g/mol. The molecule has 1 aliphatic heterocycles. The summed E-state index contributed by atoms with van der Waals surface area (Å²) in [5, 5.41) is 0. The van der Waals surface area contributed by atoms with Crippen LogP contribution in [-0.2, 0) is 9.53 Å². The smallest absolute Gasteiger partial charge is 0.362 e. The van der Waals surface area contributed by atoms with Gasteiger partial charge in [-0.2, -0.15) is 13.2 Å². The highest BCUT2D eigenvalue weighted by Crippen LogP contribution is 2.40. The highest BCUT2D eigenvalue weighted by molar-refractivity contribution is 5.82. The predicted octanol–water partition coefficient (Wildman–Crippen LogP) is 0.513. The van der Waals surface area contributed by atoms with Crippen molar-refractivity contribution in [2.75, 3.05) is 19.7 Å². The van der Waals surface area contributed by atoms with Gasteiger partial charge >= 0.3 is 6.18 Å². The second kappa shape index (κ2) is 4.21. The van der Waals surface area contributed by atoms with Crippen molar-refractivity contribution in [2.24, 2.45) is 5.73 Å². The van der Waals surface area contributed by atoms with Crippen LogP contribution in [0.2, 0.25) is 0 Å². The molecule has 1 saturated heterocycles. The van der Waals surface area contributed by atoms with Gasteiger partial charge in [0.05, 0.1) is 19.1 Å². The topological polar surface area (TPSA) is 55.6 Å². The number of halogens is 3. The van der Waals surface area contributed by atoms with Crippen LogP contribution in [0.25, 0.3) is 0 Å². The lowest BCUT2D eigenvalue weighted by atomic mass is 9.92. The zero-order valence-electron chi connectivity index (χ0n) is 9.17. The van der Waals surface area contributed by atoms with Gasteiger partial charge in [0.15, 0.2) is 5.60 Å². The molecule has 0 aromatic rings. The maximum Gasteiger partial charge on any atom is 0.420 e. The number of ether oxygens (including phenoxy) is 1. The van der Waals surface area contributed by atoms with Crippen molar-refractivity contribution in [1.29, 1.82) is 0 Å². The van der Waals surface area contributed by atoms with Crippen molar-refractivity contribution in [3.8, 4) is 0 Å². The summed E-state index contributed by atoms with van der Waals surface area (Å²) >= 11 is 0. The number of rotatable bonds is 3. The summed E-state index contributed by atoms with van der Waals surface area (Å²) in [5.74, 6) is -0.487. The number of amides is 1. The molecule has 7 heteroatoms. The van der Waals surface area contributed by atoms with E-state index in [1.807, 2.05) is 0 Å². The monoisotopic (exact) mass is 240 g/mol. The Morgan fingerprint density at radius 2 is 2.06 bits per heavy atom. The maximum atomic E-state index is 12.7. The summed E-state index contributed by atoms with van der Waals surface area (Å²) < 4.78 is 42.8. The average molecular weight is 240 g/mol. The van der Waals surface area contributed by atoms with E-state index in [-0.39, 0.29) is 6.61 Å².